The summed E-state index contributed by atoms with van der Waals surface area (Å²) in [4.78, 5) is 0. The van der Waals surface area contributed by atoms with Crippen LogP contribution in [0.25, 0.3) is 0 Å². The number of hydrogen-bond acceptors (Lipinski definition) is 4. The van der Waals surface area contributed by atoms with E-state index in [4.69, 9.17) is 9.47 Å². The minimum absolute atomic E-state index is 0.702. The van der Waals surface area contributed by atoms with Crippen molar-refractivity contribution in [2.45, 2.75) is 32.9 Å². The van der Waals surface area contributed by atoms with Gasteiger partial charge in [-0.1, -0.05) is 6.92 Å². The number of aromatic nitrogens is 2. The average molecular weight is 255 g/mol. The SMILES string of the molecule is CCCNCc1cnn(CCOCCCOC)c1. The van der Waals surface area contributed by atoms with E-state index in [9.17, 15) is 0 Å². The van der Waals surface area contributed by atoms with Crippen LogP contribution in [0.1, 0.15) is 25.3 Å². The van der Waals surface area contributed by atoms with Crippen molar-refractivity contribution >= 4 is 0 Å². The van der Waals surface area contributed by atoms with Gasteiger partial charge in [0.2, 0.25) is 0 Å². The van der Waals surface area contributed by atoms with Crippen LogP contribution in [0.4, 0.5) is 0 Å². The molecule has 0 aliphatic rings. The van der Waals surface area contributed by atoms with Crippen molar-refractivity contribution < 1.29 is 9.47 Å². The van der Waals surface area contributed by atoms with Crippen molar-refractivity contribution in [3.05, 3.63) is 18.0 Å². The molecule has 104 valence electrons. The van der Waals surface area contributed by atoms with Gasteiger partial charge in [-0.15, -0.1) is 0 Å². The van der Waals surface area contributed by atoms with E-state index >= 15 is 0 Å². The van der Waals surface area contributed by atoms with E-state index in [2.05, 4.69) is 23.5 Å². The summed E-state index contributed by atoms with van der Waals surface area (Å²) >= 11 is 0. The highest BCUT2D eigenvalue weighted by Gasteiger charge is 1.98. The molecule has 0 spiro atoms. The van der Waals surface area contributed by atoms with Gasteiger partial charge in [-0.05, 0) is 19.4 Å². The first-order chi connectivity index (χ1) is 8.86. The fraction of sp³-hybridized carbons (Fsp3) is 0.769. The third-order valence-electron chi connectivity index (χ3n) is 2.54. The van der Waals surface area contributed by atoms with Crippen LogP contribution in [0.15, 0.2) is 12.4 Å². The molecule has 0 aliphatic heterocycles. The van der Waals surface area contributed by atoms with E-state index in [0.717, 1.165) is 45.7 Å². The van der Waals surface area contributed by atoms with Crippen molar-refractivity contribution in [1.82, 2.24) is 15.1 Å². The largest absolute Gasteiger partial charge is 0.385 e. The van der Waals surface area contributed by atoms with Gasteiger partial charge in [-0.2, -0.15) is 5.10 Å². The molecular weight excluding hydrogens is 230 g/mol. The maximum absolute atomic E-state index is 5.49. The predicted octanol–water partition coefficient (Wildman–Crippen LogP) is 1.44. The zero-order valence-corrected chi connectivity index (χ0v) is 11.5. The number of methoxy groups -OCH3 is 1. The Labute approximate surface area is 109 Å². The van der Waals surface area contributed by atoms with Crippen LogP contribution >= 0.6 is 0 Å². The molecule has 18 heavy (non-hydrogen) atoms. The second kappa shape index (κ2) is 10.1. The minimum Gasteiger partial charge on any atom is -0.385 e. The molecule has 5 heteroatoms. The van der Waals surface area contributed by atoms with E-state index in [1.54, 1.807) is 7.11 Å². The third-order valence-corrected chi connectivity index (χ3v) is 2.54. The summed E-state index contributed by atoms with van der Waals surface area (Å²) in [7, 11) is 1.71. The maximum Gasteiger partial charge on any atom is 0.0662 e. The summed E-state index contributed by atoms with van der Waals surface area (Å²) in [6.07, 6.45) is 6.08. The van der Waals surface area contributed by atoms with E-state index in [-0.39, 0.29) is 0 Å². The van der Waals surface area contributed by atoms with Gasteiger partial charge in [0.15, 0.2) is 0 Å². The highest BCUT2D eigenvalue weighted by Crippen LogP contribution is 1.97. The van der Waals surface area contributed by atoms with Gasteiger partial charge >= 0.3 is 0 Å². The lowest BCUT2D eigenvalue weighted by molar-refractivity contribution is 0.0961. The van der Waals surface area contributed by atoms with Crippen molar-refractivity contribution in [1.29, 1.82) is 0 Å². The first kappa shape index (κ1) is 15.1. The quantitative estimate of drug-likeness (QED) is 0.608. The number of rotatable bonds is 11. The highest BCUT2D eigenvalue weighted by molar-refractivity contribution is 5.03. The van der Waals surface area contributed by atoms with Crippen molar-refractivity contribution in [2.75, 3.05) is 33.5 Å². The molecule has 0 saturated carbocycles. The van der Waals surface area contributed by atoms with Gasteiger partial charge in [0.05, 0.1) is 19.3 Å². The monoisotopic (exact) mass is 255 g/mol. The van der Waals surface area contributed by atoms with E-state index in [1.165, 1.54) is 5.56 Å². The van der Waals surface area contributed by atoms with Crippen molar-refractivity contribution in [2.24, 2.45) is 0 Å². The Morgan fingerprint density at radius 2 is 2.22 bits per heavy atom. The molecule has 5 nitrogen and oxygen atoms in total. The topological polar surface area (TPSA) is 48.3 Å². The summed E-state index contributed by atoms with van der Waals surface area (Å²) in [5, 5.41) is 7.66. The van der Waals surface area contributed by atoms with E-state index in [0.29, 0.717) is 6.61 Å². The number of nitrogens with zero attached hydrogens (tertiary/aromatic N) is 2. The van der Waals surface area contributed by atoms with Crippen LogP contribution in [-0.4, -0.2) is 43.3 Å². The molecule has 1 rings (SSSR count). The Kier molecular flexibility index (Phi) is 8.46. The first-order valence-corrected chi connectivity index (χ1v) is 6.65. The third kappa shape index (κ3) is 6.74. The summed E-state index contributed by atoms with van der Waals surface area (Å²) < 4.78 is 12.4. The van der Waals surface area contributed by atoms with Crippen LogP contribution in [0, 0.1) is 0 Å². The fourth-order valence-corrected chi connectivity index (χ4v) is 1.59. The number of hydrogen-bond donors (Lipinski definition) is 1. The lowest BCUT2D eigenvalue weighted by atomic mass is 10.3. The second-order valence-corrected chi connectivity index (χ2v) is 4.25. The summed E-state index contributed by atoms with van der Waals surface area (Å²) in [6, 6.07) is 0. The molecule has 1 aromatic rings. The van der Waals surface area contributed by atoms with Crippen LogP contribution in [0.5, 0.6) is 0 Å². The van der Waals surface area contributed by atoms with Crippen LogP contribution in [-0.2, 0) is 22.6 Å². The Hall–Kier alpha value is -0.910. The van der Waals surface area contributed by atoms with Gasteiger partial charge in [-0.25, -0.2) is 0 Å². The first-order valence-electron chi connectivity index (χ1n) is 6.65. The molecule has 0 radical (unpaired) electrons. The molecule has 1 aromatic heterocycles. The summed E-state index contributed by atoms with van der Waals surface area (Å²) in [5.74, 6) is 0. The van der Waals surface area contributed by atoms with E-state index < -0.39 is 0 Å². The molecular formula is C13H25N3O2. The van der Waals surface area contributed by atoms with E-state index in [1.807, 2.05) is 10.9 Å². The Morgan fingerprint density at radius 1 is 1.33 bits per heavy atom. The lowest BCUT2D eigenvalue weighted by Crippen LogP contribution is -2.13. The predicted molar refractivity (Wildman–Crippen MR) is 71.5 cm³/mol. The molecule has 1 heterocycles. The van der Waals surface area contributed by atoms with Gasteiger partial charge in [0, 0.05) is 38.6 Å². The fourth-order valence-electron chi connectivity index (χ4n) is 1.59. The number of ether oxygens (including phenoxy) is 2. The zero-order valence-electron chi connectivity index (χ0n) is 11.5. The molecule has 1 N–H and O–H groups in total. The maximum atomic E-state index is 5.49. The second-order valence-electron chi connectivity index (χ2n) is 4.25. The van der Waals surface area contributed by atoms with Gasteiger partial charge in [-0.3, -0.25) is 4.68 Å². The summed E-state index contributed by atoms with van der Waals surface area (Å²) in [5.41, 5.74) is 1.22. The number of nitrogens with one attached hydrogen (secondary N) is 1. The Morgan fingerprint density at radius 3 is 3.00 bits per heavy atom. The smallest absolute Gasteiger partial charge is 0.0662 e. The van der Waals surface area contributed by atoms with Gasteiger partial charge in [0.25, 0.3) is 0 Å². The molecule has 0 bridgehead atoms. The molecule has 0 atom stereocenters. The zero-order chi connectivity index (χ0) is 13.1. The van der Waals surface area contributed by atoms with Gasteiger partial charge < -0.3 is 14.8 Å². The molecule has 0 aliphatic carbocycles. The normalized spacial score (nSPS) is 11.0. The van der Waals surface area contributed by atoms with Crippen molar-refractivity contribution in [3.8, 4) is 0 Å². The average Bonchev–Trinajstić information content (AvgIpc) is 2.82. The molecule has 0 fully saturated rings. The lowest BCUT2D eigenvalue weighted by Gasteiger charge is -2.04. The van der Waals surface area contributed by atoms with Crippen LogP contribution < -0.4 is 5.32 Å². The standard InChI is InChI=1S/C13H25N3O2/c1-3-5-14-10-13-11-15-16(12-13)6-9-18-8-4-7-17-2/h11-12,14H,3-10H2,1-2H3. The van der Waals surface area contributed by atoms with Gasteiger partial charge in [0.1, 0.15) is 0 Å². The van der Waals surface area contributed by atoms with Crippen molar-refractivity contribution in [3.63, 3.8) is 0 Å². The van der Waals surface area contributed by atoms with Crippen LogP contribution in [0.3, 0.4) is 0 Å². The molecule has 0 unspecified atom stereocenters. The minimum atomic E-state index is 0.702. The van der Waals surface area contributed by atoms with Crippen LogP contribution in [0.2, 0.25) is 0 Å². The Balaban J connectivity index is 2.07. The summed E-state index contributed by atoms with van der Waals surface area (Å²) in [6.45, 7) is 7.12. The molecule has 0 aromatic carbocycles. The molecule has 0 amide bonds. The Bertz CT molecular complexity index is 302. The molecule has 0 saturated heterocycles. The highest BCUT2D eigenvalue weighted by atomic mass is 16.5.